The van der Waals surface area contributed by atoms with Gasteiger partial charge in [-0.3, -0.25) is 0 Å². The van der Waals surface area contributed by atoms with Gasteiger partial charge in [0.2, 0.25) is 0 Å². The van der Waals surface area contributed by atoms with Crippen LogP contribution in [-0.2, 0) is 13.0 Å². The summed E-state index contributed by atoms with van der Waals surface area (Å²) in [6.07, 6.45) is 11.8. The van der Waals surface area contributed by atoms with Gasteiger partial charge in [-0.25, -0.2) is 4.98 Å². The molecule has 2 atom stereocenters. The highest BCUT2D eigenvalue weighted by Gasteiger charge is 2.17. The molecule has 1 heterocycles. The van der Waals surface area contributed by atoms with Crippen LogP contribution in [0, 0.1) is 5.92 Å². The zero-order valence-corrected chi connectivity index (χ0v) is 11.9. The Morgan fingerprint density at radius 2 is 2.33 bits per heavy atom. The van der Waals surface area contributed by atoms with Gasteiger partial charge in [0, 0.05) is 37.9 Å². The summed E-state index contributed by atoms with van der Waals surface area (Å²) in [5, 5.41) is 3.71. The number of nitrogens with zero attached hydrogens (tertiary/aromatic N) is 2. The van der Waals surface area contributed by atoms with E-state index >= 15 is 0 Å². The van der Waals surface area contributed by atoms with E-state index in [0.717, 1.165) is 31.5 Å². The minimum absolute atomic E-state index is 0.742. The molecular formula is C15H27N3. The number of hydrogen-bond acceptors (Lipinski definition) is 2. The lowest BCUT2D eigenvalue weighted by molar-refractivity contribution is 0.299. The van der Waals surface area contributed by atoms with E-state index in [1.807, 2.05) is 6.20 Å². The zero-order chi connectivity index (χ0) is 12.8. The standard InChI is InChI=1S/C15H27N3/c1-3-5-15-17-9-11-18(15)10-8-16-14-7-4-6-13(2)12-14/h9,11,13-14,16H,3-8,10,12H2,1-2H3. The quantitative estimate of drug-likeness (QED) is 0.840. The molecule has 1 saturated carbocycles. The van der Waals surface area contributed by atoms with Crippen molar-refractivity contribution in [1.29, 1.82) is 0 Å². The molecule has 0 amide bonds. The third kappa shape index (κ3) is 3.84. The zero-order valence-electron chi connectivity index (χ0n) is 11.9. The fraction of sp³-hybridized carbons (Fsp3) is 0.800. The van der Waals surface area contributed by atoms with Gasteiger partial charge in [-0.15, -0.1) is 0 Å². The van der Waals surface area contributed by atoms with Gasteiger partial charge < -0.3 is 9.88 Å². The number of hydrogen-bond donors (Lipinski definition) is 1. The Bertz CT molecular complexity index is 345. The van der Waals surface area contributed by atoms with E-state index in [9.17, 15) is 0 Å². The molecule has 0 bridgehead atoms. The fourth-order valence-corrected chi connectivity index (χ4v) is 3.00. The molecule has 3 heteroatoms. The van der Waals surface area contributed by atoms with Crippen molar-refractivity contribution in [3.63, 3.8) is 0 Å². The summed E-state index contributed by atoms with van der Waals surface area (Å²) in [7, 11) is 0. The van der Waals surface area contributed by atoms with Gasteiger partial charge in [-0.05, 0) is 25.2 Å². The summed E-state index contributed by atoms with van der Waals surface area (Å²) in [5.41, 5.74) is 0. The predicted molar refractivity (Wildman–Crippen MR) is 75.6 cm³/mol. The van der Waals surface area contributed by atoms with Crippen molar-refractivity contribution in [2.75, 3.05) is 6.54 Å². The van der Waals surface area contributed by atoms with Crippen molar-refractivity contribution in [3.05, 3.63) is 18.2 Å². The molecule has 3 nitrogen and oxygen atoms in total. The van der Waals surface area contributed by atoms with Gasteiger partial charge in [0.15, 0.2) is 0 Å². The van der Waals surface area contributed by atoms with E-state index in [1.165, 1.54) is 37.9 Å². The summed E-state index contributed by atoms with van der Waals surface area (Å²) in [6, 6.07) is 0.742. The highest BCUT2D eigenvalue weighted by Crippen LogP contribution is 2.23. The average Bonchev–Trinajstić information content (AvgIpc) is 2.78. The van der Waals surface area contributed by atoms with Crippen LogP contribution in [0.5, 0.6) is 0 Å². The highest BCUT2D eigenvalue weighted by atomic mass is 15.1. The van der Waals surface area contributed by atoms with Crippen molar-refractivity contribution >= 4 is 0 Å². The van der Waals surface area contributed by atoms with Crippen molar-refractivity contribution in [1.82, 2.24) is 14.9 Å². The Balaban J connectivity index is 1.72. The number of rotatable bonds is 6. The number of aryl methyl sites for hydroxylation is 1. The number of aromatic nitrogens is 2. The molecule has 2 unspecified atom stereocenters. The van der Waals surface area contributed by atoms with Crippen LogP contribution < -0.4 is 5.32 Å². The normalized spacial score (nSPS) is 24.3. The van der Waals surface area contributed by atoms with E-state index < -0.39 is 0 Å². The molecule has 0 spiro atoms. The molecule has 2 rings (SSSR count). The fourth-order valence-electron chi connectivity index (χ4n) is 3.00. The van der Waals surface area contributed by atoms with Crippen LogP contribution in [0.4, 0.5) is 0 Å². The topological polar surface area (TPSA) is 29.9 Å². The summed E-state index contributed by atoms with van der Waals surface area (Å²) in [6.45, 7) is 6.72. The first-order valence-corrected chi connectivity index (χ1v) is 7.53. The second-order valence-electron chi connectivity index (χ2n) is 5.71. The largest absolute Gasteiger partial charge is 0.334 e. The molecule has 0 aliphatic heterocycles. The first-order chi connectivity index (χ1) is 8.79. The van der Waals surface area contributed by atoms with Crippen LogP contribution in [0.3, 0.4) is 0 Å². The molecular weight excluding hydrogens is 222 g/mol. The molecule has 1 aliphatic rings. The summed E-state index contributed by atoms with van der Waals surface area (Å²) in [4.78, 5) is 4.42. The van der Waals surface area contributed by atoms with Gasteiger partial charge in [0.1, 0.15) is 5.82 Å². The van der Waals surface area contributed by atoms with Crippen LogP contribution in [0.15, 0.2) is 12.4 Å². The second kappa shape index (κ2) is 6.93. The first kappa shape index (κ1) is 13.6. The predicted octanol–water partition coefficient (Wildman–Crippen LogP) is 3.00. The lowest BCUT2D eigenvalue weighted by atomic mass is 9.87. The Kier molecular flexibility index (Phi) is 5.24. The molecule has 1 fully saturated rings. The second-order valence-corrected chi connectivity index (χ2v) is 5.71. The van der Waals surface area contributed by atoms with E-state index in [0.29, 0.717) is 0 Å². The van der Waals surface area contributed by atoms with Gasteiger partial charge >= 0.3 is 0 Å². The van der Waals surface area contributed by atoms with E-state index in [-0.39, 0.29) is 0 Å². The van der Waals surface area contributed by atoms with Gasteiger partial charge in [0.05, 0.1) is 0 Å². The maximum atomic E-state index is 4.42. The van der Waals surface area contributed by atoms with Crippen molar-refractivity contribution in [3.8, 4) is 0 Å². The molecule has 0 aromatic carbocycles. The molecule has 1 aliphatic carbocycles. The van der Waals surface area contributed by atoms with Gasteiger partial charge in [0.25, 0.3) is 0 Å². The van der Waals surface area contributed by atoms with Crippen LogP contribution in [0.2, 0.25) is 0 Å². The minimum atomic E-state index is 0.742. The molecule has 0 saturated heterocycles. The Labute approximate surface area is 111 Å². The Morgan fingerprint density at radius 1 is 1.44 bits per heavy atom. The summed E-state index contributed by atoms with van der Waals surface area (Å²) >= 11 is 0. The molecule has 102 valence electrons. The first-order valence-electron chi connectivity index (χ1n) is 7.53. The van der Waals surface area contributed by atoms with E-state index in [4.69, 9.17) is 0 Å². The number of imidazole rings is 1. The van der Waals surface area contributed by atoms with Crippen LogP contribution in [-0.4, -0.2) is 22.1 Å². The minimum Gasteiger partial charge on any atom is -0.334 e. The lowest BCUT2D eigenvalue weighted by Crippen LogP contribution is -2.35. The summed E-state index contributed by atoms with van der Waals surface area (Å²) < 4.78 is 2.29. The van der Waals surface area contributed by atoms with E-state index in [2.05, 4.69) is 34.9 Å². The summed E-state index contributed by atoms with van der Waals surface area (Å²) in [5.74, 6) is 2.14. The van der Waals surface area contributed by atoms with Crippen molar-refractivity contribution in [2.45, 2.75) is 65.0 Å². The monoisotopic (exact) mass is 249 g/mol. The lowest BCUT2D eigenvalue weighted by Gasteiger charge is -2.27. The van der Waals surface area contributed by atoms with Crippen molar-refractivity contribution in [2.24, 2.45) is 5.92 Å². The Hall–Kier alpha value is -0.830. The smallest absolute Gasteiger partial charge is 0.108 e. The van der Waals surface area contributed by atoms with Gasteiger partial charge in [-0.1, -0.05) is 26.7 Å². The molecule has 0 radical (unpaired) electrons. The number of nitrogens with one attached hydrogen (secondary N) is 1. The third-order valence-corrected chi connectivity index (χ3v) is 4.00. The molecule has 1 aromatic heterocycles. The Morgan fingerprint density at radius 3 is 3.11 bits per heavy atom. The third-order valence-electron chi connectivity index (χ3n) is 4.00. The van der Waals surface area contributed by atoms with E-state index in [1.54, 1.807) is 0 Å². The highest BCUT2D eigenvalue weighted by molar-refractivity contribution is 4.92. The SMILES string of the molecule is CCCc1nccn1CCNC1CCCC(C)C1. The van der Waals surface area contributed by atoms with Crippen LogP contribution in [0.1, 0.15) is 51.8 Å². The van der Waals surface area contributed by atoms with Crippen LogP contribution >= 0.6 is 0 Å². The average molecular weight is 249 g/mol. The van der Waals surface area contributed by atoms with Crippen LogP contribution in [0.25, 0.3) is 0 Å². The molecule has 18 heavy (non-hydrogen) atoms. The maximum absolute atomic E-state index is 4.42. The van der Waals surface area contributed by atoms with Gasteiger partial charge in [-0.2, -0.15) is 0 Å². The van der Waals surface area contributed by atoms with Crippen molar-refractivity contribution < 1.29 is 0 Å². The molecule has 1 aromatic rings. The molecule has 1 N–H and O–H groups in total. The maximum Gasteiger partial charge on any atom is 0.108 e.